The summed E-state index contributed by atoms with van der Waals surface area (Å²) in [4.78, 5) is 16.9. The zero-order valence-electron chi connectivity index (χ0n) is 14.7. The zero-order valence-corrected chi connectivity index (χ0v) is 14.7. The highest BCUT2D eigenvalue weighted by molar-refractivity contribution is 5.78. The molecule has 0 unspecified atom stereocenters. The maximum Gasteiger partial charge on any atom is 0.236 e. The predicted octanol–water partition coefficient (Wildman–Crippen LogP) is 2.77. The lowest BCUT2D eigenvalue weighted by atomic mass is 9.94. The number of hydrogen-bond donors (Lipinski definition) is 0. The summed E-state index contributed by atoms with van der Waals surface area (Å²) in [6.07, 6.45) is 6.31. The summed E-state index contributed by atoms with van der Waals surface area (Å²) in [6, 6.07) is 0. The molecule has 0 aliphatic carbocycles. The number of amides is 1. The number of ether oxygens (including phenoxy) is 1. The second kappa shape index (κ2) is 8.88. The third kappa shape index (κ3) is 5.54. The number of carbonyl (C=O) groups is 1. The van der Waals surface area contributed by atoms with Crippen LogP contribution >= 0.6 is 0 Å². The van der Waals surface area contributed by atoms with Crippen molar-refractivity contribution in [3.05, 3.63) is 0 Å². The van der Waals surface area contributed by atoms with E-state index in [0.717, 1.165) is 51.5 Å². The smallest absolute Gasteiger partial charge is 0.236 e. The standard InChI is InChI=1S/C18H34N2O2/c1-4-16-5-9-19(10-6-16)13-18(21)20-11-7-17(8-12-20)14-22-15(2)3/h15-17H,4-14H2,1-3H3. The van der Waals surface area contributed by atoms with Crippen LogP contribution in [0.25, 0.3) is 0 Å². The predicted molar refractivity (Wildman–Crippen MR) is 89.8 cm³/mol. The molecule has 128 valence electrons. The molecule has 0 spiro atoms. The Balaban J connectivity index is 1.65. The van der Waals surface area contributed by atoms with Crippen molar-refractivity contribution in [1.29, 1.82) is 0 Å². The summed E-state index contributed by atoms with van der Waals surface area (Å²) in [5, 5.41) is 0. The van der Waals surface area contributed by atoms with Gasteiger partial charge in [0.15, 0.2) is 0 Å². The summed E-state index contributed by atoms with van der Waals surface area (Å²) in [5.74, 6) is 1.84. The molecule has 0 N–H and O–H groups in total. The van der Waals surface area contributed by atoms with Crippen molar-refractivity contribution in [1.82, 2.24) is 9.80 Å². The SMILES string of the molecule is CCC1CCN(CC(=O)N2CCC(COC(C)C)CC2)CC1. The average Bonchev–Trinajstić information content (AvgIpc) is 2.54. The Morgan fingerprint density at radius 3 is 2.18 bits per heavy atom. The molecule has 22 heavy (non-hydrogen) atoms. The van der Waals surface area contributed by atoms with Gasteiger partial charge in [0.25, 0.3) is 0 Å². The van der Waals surface area contributed by atoms with Gasteiger partial charge in [-0.15, -0.1) is 0 Å². The van der Waals surface area contributed by atoms with E-state index in [1.165, 1.54) is 19.3 Å². The Morgan fingerprint density at radius 2 is 1.64 bits per heavy atom. The minimum atomic E-state index is 0.311. The van der Waals surface area contributed by atoms with Crippen LogP contribution in [0.15, 0.2) is 0 Å². The van der Waals surface area contributed by atoms with E-state index in [9.17, 15) is 4.79 Å². The van der Waals surface area contributed by atoms with E-state index in [0.29, 0.717) is 24.5 Å². The molecule has 0 bridgehead atoms. The molecule has 4 heteroatoms. The van der Waals surface area contributed by atoms with Crippen LogP contribution in [-0.4, -0.2) is 61.1 Å². The molecule has 1 amide bonds. The van der Waals surface area contributed by atoms with Crippen molar-refractivity contribution >= 4 is 5.91 Å². The Bertz CT molecular complexity index is 330. The van der Waals surface area contributed by atoms with E-state index in [2.05, 4.69) is 30.6 Å². The van der Waals surface area contributed by atoms with Crippen molar-refractivity contribution in [2.75, 3.05) is 39.3 Å². The highest BCUT2D eigenvalue weighted by Crippen LogP contribution is 2.21. The first-order valence-corrected chi connectivity index (χ1v) is 9.20. The molecule has 2 rings (SSSR count). The van der Waals surface area contributed by atoms with Gasteiger partial charge in [0.1, 0.15) is 0 Å². The first-order valence-electron chi connectivity index (χ1n) is 9.20. The number of piperidine rings is 2. The van der Waals surface area contributed by atoms with Crippen LogP contribution < -0.4 is 0 Å². The van der Waals surface area contributed by atoms with Gasteiger partial charge in [0.05, 0.1) is 12.6 Å². The fourth-order valence-electron chi connectivity index (χ4n) is 3.52. The number of likely N-dealkylation sites (tertiary alicyclic amines) is 2. The molecule has 2 heterocycles. The second-order valence-electron chi connectivity index (χ2n) is 7.33. The van der Waals surface area contributed by atoms with Crippen molar-refractivity contribution in [3.63, 3.8) is 0 Å². The Kier molecular flexibility index (Phi) is 7.16. The Labute approximate surface area is 136 Å². The molecular formula is C18H34N2O2. The fraction of sp³-hybridized carbons (Fsp3) is 0.944. The van der Waals surface area contributed by atoms with Gasteiger partial charge in [-0.25, -0.2) is 0 Å². The Hall–Kier alpha value is -0.610. The van der Waals surface area contributed by atoms with E-state index in [4.69, 9.17) is 4.74 Å². The van der Waals surface area contributed by atoms with E-state index >= 15 is 0 Å². The van der Waals surface area contributed by atoms with E-state index in [1.807, 2.05) is 0 Å². The van der Waals surface area contributed by atoms with Gasteiger partial charge in [-0.05, 0) is 64.5 Å². The minimum absolute atomic E-state index is 0.311. The van der Waals surface area contributed by atoms with Gasteiger partial charge in [-0.3, -0.25) is 9.69 Å². The van der Waals surface area contributed by atoms with Crippen LogP contribution in [0.2, 0.25) is 0 Å². The zero-order chi connectivity index (χ0) is 15.9. The van der Waals surface area contributed by atoms with Crippen LogP contribution in [0.4, 0.5) is 0 Å². The van der Waals surface area contributed by atoms with Crippen LogP contribution in [0.1, 0.15) is 52.9 Å². The maximum absolute atomic E-state index is 12.4. The van der Waals surface area contributed by atoms with Gasteiger partial charge in [-0.1, -0.05) is 13.3 Å². The second-order valence-corrected chi connectivity index (χ2v) is 7.33. The van der Waals surface area contributed by atoms with E-state index in [-0.39, 0.29) is 0 Å². The topological polar surface area (TPSA) is 32.8 Å². The molecule has 0 radical (unpaired) electrons. The molecule has 0 saturated carbocycles. The lowest BCUT2D eigenvalue weighted by molar-refractivity contribution is -0.134. The molecule has 0 aromatic carbocycles. The number of carbonyl (C=O) groups excluding carboxylic acids is 1. The highest BCUT2D eigenvalue weighted by atomic mass is 16.5. The van der Waals surface area contributed by atoms with Gasteiger partial charge in [0.2, 0.25) is 5.91 Å². The van der Waals surface area contributed by atoms with Crippen LogP contribution in [0.3, 0.4) is 0 Å². The molecule has 2 aliphatic heterocycles. The summed E-state index contributed by atoms with van der Waals surface area (Å²) in [6.45, 7) is 12.0. The van der Waals surface area contributed by atoms with Gasteiger partial charge >= 0.3 is 0 Å². The molecule has 4 nitrogen and oxygen atoms in total. The number of rotatable bonds is 6. The van der Waals surface area contributed by atoms with Crippen molar-refractivity contribution in [2.45, 2.75) is 59.0 Å². The van der Waals surface area contributed by atoms with Gasteiger partial charge < -0.3 is 9.64 Å². The molecule has 0 aromatic heterocycles. The average molecular weight is 310 g/mol. The lowest BCUT2D eigenvalue weighted by Crippen LogP contribution is -2.46. The van der Waals surface area contributed by atoms with Crippen LogP contribution in [0.5, 0.6) is 0 Å². The van der Waals surface area contributed by atoms with Crippen molar-refractivity contribution in [3.8, 4) is 0 Å². The summed E-state index contributed by atoms with van der Waals surface area (Å²) < 4.78 is 5.71. The molecular weight excluding hydrogens is 276 g/mol. The largest absolute Gasteiger partial charge is 0.379 e. The highest BCUT2D eigenvalue weighted by Gasteiger charge is 2.26. The molecule has 2 saturated heterocycles. The fourth-order valence-corrected chi connectivity index (χ4v) is 3.52. The monoisotopic (exact) mass is 310 g/mol. The van der Waals surface area contributed by atoms with Crippen molar-refractivity contribution < 1.29 is 9.53 Å². The first kappa shape index (κ1) is 17.7. The molecule has 0 atom stereocenters. The first-order chi connectivity index (χ1) is 10.6. The maximum atomic E-state index is 12.4. The normalized spacial score (nSPS) is 22.5. The van der Waals surface area contributed by atoms with Crippen LogP contribution in [0, 0.1) is 11.8 Å². The summed E-state index contributed by atoms with van der Waals surface area (Å²) >= 11 is 0. The van der Waals surface area contributed by atoms with Gasteiger partial charge in [-0.2, -0.15) is 0 Å². The third-order valence-corrected chi connectivity index (χ3v) is 5.28. The van der Waals surface area contributed by atoms with E-state index < -0.39 is 0 Å². The minimum Gasteiger partial charge on any atom is -0.379 e. The molecule has 2 fully saturated rings. The number of nitrogens with zero attached hydrogens (tertiary/aromatic N) is 2. The lowest BCUT2D eigenvalue weighted by Gasteiger charge is -2.35. The van der Waals surface area contributed by atoms with Gasteiger partial charge in [0, 0.05) is 19.7 Å². The molecule has 0 aromatic rings. The number of hydrogen-bond acceptors (Lipinski definition) is 3. The Morgan fingerprint density at radius 1 is 1.05 bits per heavy atom. The third-order valence-electron chi connectivity index (χ3n) is 5.28. The quantitative estimate of drug-likeness (QED) is 0.756. The summed E-state index contributed by atoms with van der Waals surface area (Å²) in [5.41, 5.74) is 0. The van der Waals surface area contributed by atoms with Crippen LogP contribution in [-0.2, 0) is 9.53 Å². The van der Waals surface area contributed by atoms with Crippen molar-refractivity contribution in [2.24, 2.45) is 11.8 Å². The molecule has 2 aliphatic rings. The van der Waals surface area contributed by atoms with E-state index in [1.54, 1.807) is 0 Å². The summed E-state index contributed by atoms with van der Waals surface area (Å²) in [7, 11) is 0.